The summed E-state index contributed by atoms with van der Waals surface area (Å²) >= 11 is 1.84. The van der Waals surface area contributed by atoms with Crippen molar-refractivity contribution in [3.8, 4) is 11.4 Å². The second kappa shape index (κ2) is 8.84. The van der Waals surface area contributed by atoms with Gasteiger partial charge in [0.15, 0.2) is 0 Å². The Morgan fingerprint density at radius 3 is 2.88 bits per heavy atom. The van der Waals surface area contributed by atoms with Crippen LogP contribution in [0.4, 0.5) is 4.39 Å². The van der Waals surface area contributed by atoms with E-state index in [9.17, 15) is 9.18 Å². The Balaban J connectivity index is 1.36. The number of hydrogen-bond acceptors (Lipinski definition) is 5. The lowest BCUT2D eigenvalue weighted by molar-refractivity contribution is 0.258. The third-order valence-electron chi connectivity index (χ3n) is 5.79. The molecule has 0 bridgehead atoms. The van der Waals surface area contributed by atoms with E-state index in [-0.39, 0.29) is 12.2 Å². The predicted molar refractivity (Wildman–Crippen MR) is 125 cm³/mol. The average molecular weight is 450 g/mol. The van der Waals surface area contributed by atoms with Gasteiger partial charge in [0.05, 0.1) is 17.6 Å². The van der Waals surface area contributed by atoms with Crippen LogP contribution in [-0.4, -0.2) is 27.5 Å². The van der Waals surface area contributed by atoms with Crippen molar-refractivity contribution in [3.05, 3.63) is 87.2 Å². The van der Waals surface area contributed by atoms with Gasteiger partial charge in [0, 0.05) is 34.9 Å². The Morgan fingerprint density at radius 1 is 1.19 bits per heavy atom. The van der Waals surface area contributed by atoms with Gasteiger partial charge in [-0.15, -0.1) is 11.3 Å². The molecule has 32 heavy (non-hydrogen) atoms. The first kappa shape index (κ1) is 20.8. The van der Waals surface area contributed by atoms with E-state index in [2.05, 4.69) is 28.9 Å². The molecule has 0 amide bonds. The highest BCUT2D eigenvalue weighted by Gasteiger charge is 2.20. The molecule has 1 aliphatic rings. The van der Waals surface area contributed by atoms with E-state index in [4.69, 9.17) is 4.74 Å². The van der Waals surface area contributed by atoms with E-state index < -0.39 is 5.82 Å². The number of nitrogens with zero attached hydrogens (tertiary/aromatic N) is 3. The number of pyridine rings is 2. The van der Waals surface area contributed by atoms with E-state index in [1.54, 1.807) is 22.9 Å². The number of fused-ring (bicyclic) bond motifs is 3. The van der Waals surface area contributed by atoms with E-state index in [0.29, 0.717) is 11.4 Å². The summed E-state index contributed by atoms with van der Waals surface area (Å²) in [7, 11) is 0. The minimum absolute atomic E-state index is 0.163. The van der Waals surface area contributed by atoms with Gasteiger partial charge in [-0.2, -0.15) is 0 Å². The van der Waals surface area contributed by atoms with Crippen LogP contribution in [-0.2, 0) is 19.6 Å². The maximum absolute atomic E-state index is 13.0. The van der Waals surface area contributed by atoms with Crippen molar-refractivity contribution in [2.75, 3.05) is 13.1 Å². The minimum atomic E-state index is -0.391. The summed E-state index contributed by atoms with van der Waals surface area (Å²) < 4.78 is 21.5. The Bertz CT molecular complexity index is 1310. The molecule has 0 atom stereocenters. The SMILES string of the molecule is CCCN1CCc2c(sc3cc(-n4ccc(OCc5ccc(F)cn5)cc4=O)ccc23)C1. The maximum Gasteiger partial charge on any atom is 0.258 e. The molecule has 0 saturated heterocycles. The fourth-order valence-electron chi connectivity index (χ4n) is 4.21. The van der Waals surface area contributed by atoms with Crippen LogP contribution in [0.1, 0.15) is 29.5 Å². The van der Waals surface area contributed by atoms with Gasteiger partial charge in [0.1, 0.15) is 18.2 Å². The summed E-state index contributed by atoms with van der Waals surface area (Å²) in [6.45, 7) is 5.67. The van der Waals surface area contributed by atoms with Crippen LogP contribution < -0.4 is 10.3 Å². The van der Waals surface area contributed by atoms with Gasteiger partial charge in [-0.05, 0) is 60.7 Å². The van der Waals surface area contributed by atoms with E-state index in [1.165, 1.54) is 39.1 Å². The average Bonchev–Trinajstić information content (AvgIpc) is 3.16. The molecule has 4 heterocycles. The zero-order valence-corrected chi connectivity index (χ0v) is 18.7. The van der Waals surface area contributed by atoms with Crippen molar-refractivity contribution in [3.63, 3.8) is 0 Å². The summed E-state index contributed by atoms with van der Waals surface area (Å²) in [5, 5.41) is 1.31. The minimum Gasteiger partial charge on any atom is -0.487 e. The van der Waals surface area contributed by atoms with Gasteiger partial charge in [0.2, 0.25) is 0 Å². The van der Waals surface area contributed by atoms with Gasteiger partial charge in [-0.1, -0.05) is 13.0 Å². The van der Waals surface area contributed by atoms with E-state index >= 15 is 0 Å². The van der Waals surface area contributed by atoms with Crippen molar-refractivity contribution in [2.45, 2.75) is 32.9 Å². The number of thiophene rings is 1. The van der Waals surface area contributed by atoms with Gasteiger partial charge in [0.25, 0.3) is 5.56 Å². The summed E-state index contributed by atoms with van der Waals surface area (Å²) in [4.78, 5) is 20.7. The van der Waals surface area contributed by atoms with Crippen LogP contribution in [0.25, 0.3) is 15.8 Å². The lowest BCUT2D eigenvalue weighted by atomic mass is 10.0. The molecular formula is C25H24FN3O2S. The molecular weight excluding hydrogens is 425 g/mol. The molecule has 4 aromatic rings. The number of hydrogen-bond donors (Lipinski definition) is 0. The van der Waals surface area contributed by atoms with Crippen molar-refractivity contribution in [1.82, 2.24) is 14.5 Å². The first-order valence-corrected chi connectivity index (χ1v) is 11.7. The van der Waals surface area contributed by atoms with Crippen molar-refractivity contribution in [2.24, 2.45) is 0 Å². The quantitative estimate of drug-likeness (QED) is 0.419. The number of rotatable bonds is 6. The largest absolute Gasteiger partial charge is 0.487 e. The molecule has 0 N–H and O–H groups in total. The Hall–Kier alpha value is -3.03. The predicted octanol–water partition coefficient (Wildman–Crippen LogP) is 4.93. The van der Waals surface area contributed by atoms with E-state index in [1.807, 2.05) is 17.4 Å². The van der Waals surface area contributed by atoms with Crippen LogP contribution in [0.2, 0.25) is 0 Å². The third kappa shape index (κ3) is 4.18. The molecule has 5 rings (SSSR count). The van der Waals surface area contributed by atoms with Crippen LogP contribution in [0.3, 0.4) is 0 Å². The zero-order chi connectivity index (χ0) is 22.1. The molecule has 0 aliphatic carbocycles. The highest BCUT2D eigenvalue weighted by atomic mass is 32.1. The standard InChI is InChI=1S/C25H24FN3O2S/c1-2-9-28-10-8-22-21-6-5-19(12-23(21)32-24(22)15-28)29-11-7-20(13-25(29)30)31-16-18-4-3-17(26)14-27-18/h3-7,11-14H,2,8-10,15-16H2,1H3. The van der Waals surface area contributed by atoms with E-state index in [0.717, 1.165) is 37.9 Å². The van der Waals surface area contributed by atoms with Crippen LogP contribution in [0.5, 0.6) is 5.75 Å². The molecule has 0 spiro atoms. The highest BCUT2D eigenvalue weighted by Crippen LogP contribution is 2.36. The smallest absolute Gasteiger partial charge is 0.258 e. The molecule has 0 unspecified atom stereocenters. The Morgan fingerprint density at radius 2 is 2.09 bits per heavy atom. The van der Waals surface area contributed by atoms with Crippen molar-refractivity contribution in [1.29, 1.82) is 0 Å². The number of halogens is 1. The zero-order valence-electron chi connectivity index (χ0n) is 17.9. The number of ether oxygens (including phenoxy) is 1. The highest BCUT2D eigenvalue weighted by molar-refractivity contribution is 7.19. The third-order valence-corrected chi connectivity index (χ3v) is 6.97. The Labute approximate surface area is 189 Å². The normalized spacial score (nSPS) is 13.9. The molecule has 3 aromatic heterocycles. The first-order valence-electron chi connectivity index (χ1n) is 10.8. The number of benzene rings is 1. The van der Waals surface area contributed by atoms with Gasteiger partial charge < -0.3 is 4.74 Å². The van der Waals surface area contributed by atoms with Crippen LogP contribution in [0.15, 0.2) is 59.7 Å². The van der Waals surface area contributed by atoms with Crippen molar-refractivity contribution >= 4 is 21.4 Å². The molecule has 0 radical (unpaired) electrons. The molecule has 0 fully saturated rings. The fraction of sp³-hybridized carbons (Fsp3) is 0.280. The number of aromatic nitrogens is 2. The lowest BCUT2D eigenvalue weighted by Crippen LogP contribution is -2.30. The fourth-order valence-corrected chi connectivity index (χ4v) is 5.54. The van der Waals surface area contributed by atoms with Crippen LogP contribution in [0, 0.1) is 5.82 Å². The topological polar surface area (TPSA) is 47.4 Å². The summed E-state index contributed by atoms with van der Waals surface area (Å²) in [5.41, 5.74) is 2.75. The van der Waals surface area contributed by atoms with Crippen molar-refractivity contribution < 1.29 is 9.13 Å². The van der Waals surface area contributed by atoms with Crippen LogP contribution >= 0.6 is 11.3 Å². The molecule has 164 valence electrons. The summed E-state index contributed by atoms with van der Waals surface area (Å²) in [6.07, 6.45) is 5.14. The van der Waals surface area contributed by atoms with Gasteiger partial charge >= 0.3 is 0 Å². The second-order valence-electron chi connectivity index (χ2n) is 8.04. The summed E-state index contributed by atoms with van der Waals surface area (Å²) in [6, 6.07) is 12.4. The first-order chi connectivity index (χ1) is 15.6. The van der Waals surface area contributed by atoms with Gasteiger partial charge in [-0.3, -0.25) is 19.2 Å². The maximum atomic E-state index is 13.0. The molecule has 1 aliphatic heterocycles. The molecule has 5 nitrogen and oxygen atoms in total. The Kier molecular flexibility index (Phi) is 5.76. The molecule has 7 heteroatoms. The monoisotopic (exact) mass is 449 g/mol. The second-order valence-corrected chi connectivity index (χ2v) is 9.17. The van der Waals surface area contributed by atoms with Gasteiger partial charge in [-0.25, -0.2) is 4.39 Å². The summed E-state index contributed by atoms with van der Waals surface area (Å²) in [5.74, 6) is 0.0688. The molecule has 1 aromatic carbocycles. The lowest BCUT2D eigenvalue weighted by Gasteiger charge is -2.26. The molecule has 0 saturated carbocycles.